The number of ether oxygens (including phenoxy) is 1. The average molecular weight is 388 g/mol. The summed E-state index contributed by atoms with van der Waals surface area (Å²) in [5, 5.41) is 11.1. The van der Waals surface area contributed by atoms with E-state index in [0.717, 1.165) is 75.1 Å². The van der Waals surface area contributed by atoms with Crippen LogP contribution < -0.4 is 14.7 Å². The summed E-state index contributed by atoms with van der Waals surface area (Å²) in [6, 6.07) is 2.09. The van der Waals surface area contributed by atoms with Gasteiger partial charge in [0, 0.05) is 56.9 Å². The van der Waals surface area contributed by atoms with E-state index in [1.165, 1.54) is 17.8 Å². The van der Waals surface area contributed by atoms with Crippen molar-refractivity contribution in [3.63, 3.8) is 0 Å². The lowest BCUT2D eigenvalue weighted by molar-refractivity contribution is 0.122. The molecule has 0 radical (unpaired) electrons. The zero-order valence-electron chi connectivity index (χ0n) is 15.7. The highest BCUT2D eigenvalue weighted by molar-refractivity contribution is 7.15. The van der Waals surface area contributed by atoms with E-state index >= 15 is 0 Å². The van der Waals surface area contributed by atoms with Gasteiger partial charge in [-0.05, 0) is 19.8 Å². The number of nitrogens with zero attached hydrogens (tertiary/aromatic N) is 7. The van der Waals surface area contributed by atoms with E-state index in [1.54, 1.807) is 11.3 Å². The van der Waals surface area contributed by atoms with Gasteiger partial charge in [-0.25, -0.2) is 4.98 Å². The quantitative estimate of drug-likeness (QED) is 0.785. The van der Waals surface area contributed by atoms with Gasteiger partial charge in [0.15, 0.2) is 0 Å². The third-order valence-corrected chi connectivity index (χ3v) is 6.50. The zero-order chi connectivity index (χ0) is 18.2. The minimum absolute atomic E-state index is 0.681. The van der Waals surface area contributed by atoms with Crippen LogP contribution in [0.15, 0.2) is 6.07 Å². The molecule has 144 valence electrons. The standard InChI is InChI=1S/C18H25N7OS/c1-13-12-15(20-17(19-13)24-8-10-26-11-9-24)23-4-6-25(7-5-23)18-22-21-16(27-18)14-2-3-14/h12,14H,2-11H2,1H3. The molecule has 5 rings (SSSR count). The number of rotatable bonds is 4. The Kier molecular flexibility index (Phi) is 4.56. The Morgan fingerprint density at radius 1 is 0.926 bits per heavy atom. The molecule has 8 nitrogen and oxygen atoms in total. The molecule has 0 atom stereocenters. The molecule has 3 aliphatic rings. The van der Waals surface area contributed by atoms with Gasteiger partial charge < -0.3 is 19.4 Å². The van der Waals surface area contributed by atoms with Crippen LogP contribution in [0.5, 0.6) is 0 Å². The highest BCUT2D eigenvalue weighted by Crippen LogP contribution is 2.42. The number of hydrogen-bond acceptors (Lipinski definition) is 9. The first-order valence-corrected chi connectivity index (χ1v) is 10.6. The topological polar surface area (TPSA) is 70.5 Å². The van der Waals surface area contributed by atoms with E-state index in [-0.39, 0.29) is 0 Å². The number of anilines is 3. The highest BCUT2D eigenvalue weighted by Gasteiger charge is 2.29. The van der Waals surface area contributed by atoms with E-state index in [0.29, 0.717) is 5.92 Å². The predicted molar refractivity (Wildman–Crippen MR) is 106 cm³/mol. The van der Waals surface area contributed by atoms with E-state index < -0.39 is 0 Å². The van der Waals surface area contributed by atoms with Crippen molar-refractivity contribution >= 4 is 28.2 Å². The van der Waals surface area contributed by atoms with Crippen molar-refractivity contribution in [2.45, 2.75) is 25.7 Å². The normalized spacial score (nSPS) is 21.0. The molecule has 4 heterocycles. The summed E-state index contributed by atoms with van der Waals surface area (Å²) in [5.41, 5.74) is 1.02. The monoisotopic (exact) mass is 387 g/mol. The van der Waals surface area contributed by atoms with Gasteiger partial charge in [0.25, 0.3) is 0 Å². The Labute approximate surface area is 163 Å². The molecule has 2 aromatic heterocycles. The van der Waals surface area contributed by atoms with Crippen LogP contribution in [0.25, 0.3) is 0 Å². The van der Waals surface area contributed by atoms with Gasteiger partial charge in [0.1, 0.15) is 10.8 Å². The van der Waals surface area contributed by atoms with Crippen LogP contribution in [0.3, 0.4) is 0 Å². The van der Waals surface area contributed by atoms with Crippen LogP contribution in [0.4, 0.5) is 16.9 Å². The zero-order valence-corrected chi connectivity index (χ0v) is 16.5. The third-order valence-electron chi connectivity index (χ3n) is 5.35. The van der Waals surface area contributed by atoms with Crippen LogP contribution in [-0.2, 0) is 4.74 Å². The van der Waals surface area contributed by atoms with Gasteiger partial charge >= 0.3 is 0 Å². The first-order chi connectivity index (χ1) is 13.3. The lowest BCUT2D eigenvalue weighted by atomic mass is 10.3. The molecule has 9 heteroatoms. The maximum atomic E-state index is 5.45. The first-order valence-electron chi connectivity index (χ1n) is 9.78. The molecule has 0 aromatic carbocycles. The van der Waals surface area contributed by atoms with Crippen LogP contribution >= 0.6 is 11.3 Å². The summed E-state index contributed by atoms with van der Waals surface area (Å²) in [4.78, 5) is 16.4. The van der Waals surface area contributed by atoms with Gasteiger partial charge in [-0.2, -0.15) is 4.98 Å². The first kappa shape index (κ1) is 17.1. The average Bonchev–Trinajstić information content (AvgIpc) is 3.45. The fraction of sp³-hybridized carbons (Fsp3) is 0.667. The largest absolute Gasteiger partial charge is 0.378 e. The Morgan fingerprint density at radius 2 is 1.67 bits per heavy atom. The summed E-state index contributed by atoms with van der Waals surface area (Å²) in [6.45, 7) is 9.05. The van der Waals surface area contributed by atoms with E-state index in [4.69, 9.17) is 9.72 Å². The van der Waals surface area contributed by atoms with Crippen molar-refractivity contribution in [2.75, 3.05) is 67.2 Å². The number of hydrogen-bond donors (Lipinski definition) is 0. The maximum absolute atomic E-state index is 5.45. The molecule has 27 heavy (non-hydrogen) atoms. The molecular weight excluding hydrogens is 362 g/mol. The van der Waals surface area contributed by atoms with Gasteiger partial charge in [0.05, 0.1) is 13.2 Å². The molecule has 2 aliphatic heterocycles. The third kappa shape index (κ3) is 3.70. The molecule has 1 saturated carbocycles. The number of morpholine rings is 1. The molecule has 0 amide bonds. The molecular formula is C18H25N7OS. The minimum atomic E-state index is 0.681. The summed E-state index contributed by atoms with van der Waals surface area (Å²) in [7, 11) is 0. The molecule has 3 fully saturated rings. The lowest BCUT2D eigenvalue weighted by Gasteiger charge is -2.35. The smallest absolute Gasteiger partial charge is 0.227 e. The Balaban J connectivity index is 1.26. The Bertz CT molecular complexity index is 795. The van der Waals surface area contributed by atoms with Crippen LogP contribution in [0, 0.1) is 6.92 Å². The Morgan fingerprint density at radius 3 is 2.41 bits per heavy atom. The molecule has 2 aromatic rings. The SMILES string of the molecule is Cc1cc(N2CCN(c3nnc(C4CC4)s3)CC2)nc(N2CCOCC2)n1. The van der Waals surface area contributed by atoms with Crippen LogP contribution in [0.2, 0.25) is 0 Å². The van der Waals surface area contributed by atoms with Gasteiger partial charge in [0.2, 0.25) is 11.1 Å². The lowest BCUT2D eigenvalue weighted by Crippen LogP contribution is -2.47. The van der Waals surface area contributed by atoms with Gasteiger partial charge in [-0.15, -0.1) is 10.2 Å². The van der Waals surface area contributed by atoms with Gasteiger partial charge in [-0.1, -0.05) is 11.3 Å². The second kappa shape index (κ2) is 7.20. The van der Waals surface area contributed by atoms with Crippen molar-refractivity contribution < 1.29 is 4.74 Å². The second-order valence-corrected chi connectivity index (χ2v) is 8.43. The molecule has 0 unspecified atom stereocenters. The van der Waals surface area contributed by atoms with Crippen molar-refractivity contribution in [3.8, 4) is 0 Å². The summed E-state index contributed by atoms with van der Waals surface area (Å²) in [6.07, 6.45) is 2.56. The number of aromatic nitrogens is 4. The number of aryl methyl sites for hydroxylation is 1. The molecule has 0 spiro atoms. The van der Waals surface area contributed by atoms with E-state index in [2.05, 4.69) is 35.9 Å². The van der Waals surface area contributed by atoms with Crippen molar-refractivity contribution in [1.29, 1.82) is 0 Å². The van der Waals surface area contributed by atoms with Crippen LogP contribution in [0.1, 0.15) is 29.5 Å². The molecule has 1 aliphatic carbocycles. The van der Waals surface area contributed by atoms with Crippen molar-refractivity contribution in [1.82, 2.24) is 20.2 Å². The fourth-order valence-electron chi connectivity index (χ4n) is 3.58. The van der Waals surface area contributed by atoms with Crippen molar-refractivity contribution in [2.24, 2.45) is 0 Å². The summed E-state index contributed by atoms with van der Waals surface area (Å²) < 4.78 is 5.45. The second-order valence-electron chi connectivity index (χ2n) is 7.44. The van der Waals surface area contributed by atoms with E-state index in [1.807, 2.05) is 6.92 Å². The minimum Gasteiger partial charge on any atom is -0.378 e. The summed E-state index contributed by atoms with van der Waals surface area (Å²) >= 11 is 1.77. The molecule has 2 saturated heterocycles. The van der Waals surface area contributed by atoms with Crippen molar-refractivity contribution in [3.05, 3.63) is 16.8 Å². The van der Waals surface area contributed by atoms with Crippen LogP contribution in [-0.4, -0.2) is 72.6 Å². The molecule has 0 N–H and O–H groups in total. The van der Waals surface area contributed by atoms with Gasteiger partial charge in [-0.3, -0.25) is 0 Å². The maximum Gasteiger partial charge on any atom is 0.227 e. The van der Waals surface area contributed by atoms with E-state index in [9.17, 15) is 0 Å². The number of piperazine rings is 1. The highest BCUT2D eigenvalue weighted by atomic mass is 32.1. The predicted octanol–water partition coefficient (Wildman–Crippen LogP) is 1.68. The molecule has 0 bridgehead atoms. The fourth-order valence-corrected chi connectivity index (χ4v) is 4.64. The Hall–Kier alpha value is -2.00. The summed E-state index contributed by atoms with van der Waals surface area (Å²) in [5.74, 6) is 2.54.